The van der Waals surface area contributed by atoms with Crippen molar-refractivity contribution in [2.24, 2.45) is 0 Å². The van der Waals surface area contributed by atoms with Gasteiger partial charge in [-0.3, -0.25) is 0 Å². The lowest BCUT2D eigenvalue weighted by Gasteiger charge is -2.23. The summed E-state index contributed by atoms with van der Waals surface area (Å²) in [7, 11) is 0. The molecule has 1 aromatic carbocycles. The maximum absolute atomic E-state index is 9.69. The standard InChI is InChI=1S/C13H19NO/c1-3-12(15)9-14-8-7-11-6-4-5-10(2)13(11)14/h4-6,12,15H,3,7-9H2,1-2H3/t12-/m1/s1. The number of aliphatic hydroxyl groups excluding tert-OH is 1. The first kappa shape index (κ1) is 10.5. The number of aliphatic hydroxyl groups is 1. The lowest BCUT2D eigenvalue weighted by molar-refractivity contribution is 0.176. The van der Waals surface area contributed by atoms with Crippen LogP contribution in [0.5, 0.6) is 0 Å². The SMILES string of the molecule is CC[C@@H](O)CN1CCc2cccc(C)c21. The van der Waals surface area contributed by atoms with Gasteiger partial charge in [-0.2, -0.15) is 0 Å². The van der Waals surface area contributed by atoms with Gasteiger partial charge in [0.05, 0.1) is 6.10 Å². The molecule has 0 saturated carbocycles. The molecular formula is C13H19NO. The molecule has 0 bridgehead atoms. The summed E-state index contributed by atoms with van der Waals surface area (Å²) in [6, 6.07) is 6.46. The van der Waals surface area contributed by atoms with Gasteiger partial charge in [-0.15, -0.1) is 0 Å². The van der Waals surface area contributed by atoms with E-state index in [0.717, 1.165) is 25.9 Å². The molecule has 2 heteroatoms. The van der Waals surface area contributed by atoms with Gasteiger partial charge in [0.2, 0.25) is 0 Å². The molecular weight excluding hydrogens is 186 g/mol. The van der Waals surface area contributed by atoms with Gasteiger partial charge in [0, 0.05) is 18.8 Å². The van der Waals surface area contributed by atoms with E-state index >= 15 is 0 Å². The van der Waals surface area contributed by atoms with Crippen molar-refractivity contribution in [3.05, 3.63) is 29.3 Å². The van der Waals surface area contributed by atoms with Crippen LogP contribution in [0, 0.1) is 6.92 Å². The first-order chi connectivity index (χ1) is 7.22. The molecule has 1 aromatic rings. The molecule has 1 N–H and O–H groups in total. The number of hydrogen-bond acceptors (Lipinski definition) is 2. The Morgan fingerprint density at radius 2 is 2.27 bits per heavy atom. The lowest BCUT2D eigenvalue weighted by Crippen LogP contribution is -2.30. The van der Waals surface area contributed by atoms with Crippen molar-refractivity contribution >= 4 is 5.69 Å². The van der Waals surface area contributed by atoms with Crippen LogP contribution in [-0.2, 0) is 6.42 Å². The summed E-state index contributed by atoms with van der Waals surface area (Å²) < 4.78 is 0. The molecule has 1 heterocycles. The minimum absolute atomic E-state index is 0.199. The van der Waals surface area contributed by atoms with Gasteiger partial charge in [-0.1, -0.05) is 25.1 Å². The van der Waals surface area contributed by atoms with Crippen LogP contribution < -0.4 is 4.90 Å². The van der Waals surface area contributed by atoms with Crippen LogP contribution in [-0.4, -0.2) is 24.3 Å². The van der Waals surface area contributed by atoms with Crippen LogP contribution in [0.4, 0.5) is 5.69 Å². The van der Waals surface area contributed by atoms with Crippen molar-refractivity contribution in [3.63, 3.8) is 0 Å². The fourth-order valence-electron chi connectivity index (χ4n) is 2.31. The summed E-state index contributed by atoms with van der Waals surface area (Å²) >= 11 is 0. The van der Waals surface area contributed by atoms with Crippen LogP contribution in [0.25, 0.3) is 0 Å². The van der Waals surface area contributed by atoms with E-state index in [2.05, 4.69) is 30.0 Å². The van der Waals surface area contributed by atoms with Gasteiger partial charge in [0.25, 0.3) is 0 Å². The topological polar surface area (TPSA) is 23.5 Å². The van der Waals surface area contributed by atoms with Gasteiger partial charge in [0.15, 0.2) is 0 Å². The third-order valence-electron chi connectivity index (χ3n) is 3.19. The monoisotopic (exact) mass is 205 g/mol. The molecule has 0 radical (unpaired) electrons. The van der Waals surface area contributed by atoms with Crippen LogP contribution in [0.3, 0.4) is 0 Å². The third kappa shape index (κ3) is 2.00. The predicted molar refractivity (Wildman–Crippen MR) is 63.4 cm³/mol. The van der Waals surface area contributed by atoms with E-state index in [0.29, 0.717) is 0 Å². The highest BCUT2D eigenvalue weighted by molar-refractivity contribution is 5.62. The normalized spacial score (nSPS) is 16.6. The number of hydrogen-bond donors (Lipinski definition) is 1. The number of aryl methyl sites for hydroxylation is 1. The van der Waals surface area contributed by atoms with Gasteiger partial charge >= 0.3 is 0 Å². The molecule has 1 aliphatic heterocycles. The van der Waals surface area contributed by atoms with Crippen molar-refractivity contribution in [1.82, 2.24) is 0 Å². The van der Waals surface area contributed by atoms with Gasteiger partial charge in [-0.25, -0.2) is 0 Å². The van der Waals surface area contributed by atoms with Gasteiger partial charge < -0.3 is 10.0 Å². The molecule has 0 amide bonds. The van der Waals surface area contributed by atoms with E-state index in [-0.39, 0.29) is 6.10 Å². The zero-order valence-electron chi connectivity index (χ0n) is 9.53. The molecule has 2 rings (SSSR count). The van der Waals surface area contributed by atoms with E-state index in [1.165, 1.54) is 16.8 Å². The van der Waals surface area contributed by atoms with Crippen molar-refractivity contribution in [2.75, 3.05) is 18.0 Å². The molecule has 1 atom stereocenters. The van der Waals surface area contributed by atoms with Crippen LogP contribution >= 0.6 is 0 Å². The molecule has 1 aliphatic rings. The van der Waals surface area contributed by atoms with E-state index in [1.54, 1.807) is 0 Å². The average molecular weight is 205 g/mol. The van der Waals surface area contributed by atoms with Crippen molar-refractivity contribution in [1.29, 1.82) is 0 Å². The minimum atomic E-state index is -0.199. The second kappa shape index (κ2) is 4.23. The Kier molecular flexibility index (Phi) is 2.96. The zero-order chi connectivity index (χ0) is 10.8. The van der Waals surface area contributed by atoms with E-state index in [1.807, 2.05) is 6.92 Å². The number of anilines is 1. The smallest absolute Gasteiger partial charge is 0.0712 e. The molecule has 15 heavy (non-hydrogen) atoms. The van der Waals surface area contributed by atoms with Crippen LogP contribution in [0.1, 0.15) is 24.5 Å². The van der Waals surface area contributed by atoms with Crippen molar-refractivity contribution < 1.29 is 5.11 Å². The van der Waals surface area contributed by atoms with Crippen LogP contribution in [0.15, 0.2) is 18.2 Å². The maximum atomic E-state index is 9.69. The van der Waals surface area contributed by atoms with Gasteiger partial charge in [-0.05, 0) is 30.9 Å². The number of benzene rings is 1. The lowest BCUT2D eigenvalue weighted by atomic mass is 10.1. The number of rotatable bonds is 3. The Balaban J connectivity index is 2.20. The largest absolute Gasteiger partial charge is 0.391 e. The molecule has 0 spiro atoms. The molecule has 2 nitrogen and oxygen atoms in total. The Morgan fingerprint density at radius 3 is 3.00 bits per heavy atom. The second-order valence-corrected chi connectivity index (χ2v) is 4.34. The highest BCUT2D eigenvalue weighted by atomic mass is 16.3. The summed E-state index contributed by atoms with van der Waals surface area (Å²) in [4.78, 5) is 2.32. The Morgan fingerprint density at radius 1 is 1.47 bits per heavy atom. The second-order valence-electron chi connectivity index (χ2n) is 4.34. The van der Waals surface area contributed by atoms with E-state index in [9.17, 15) is 5.11 Å². The molecule has 0 aromatic heterocycles. The number of para-hydroxylation sites is 1. The molecule has 82 valence electrons. The quantitative estimate of drug-likeness (QED) is 0.817. The molecule has 0 aliphatic carbocycles. The minimum Gasteiger partial charge on any atom is -0.391 e. The fraction of sp³-hybridized carbons (Fsp3) is 0.538. The summed E-state index contributed by atoms with van der Waals surface area (Å²) in [6.07, 6.45) is 1.75. The fourth-order valence-corrected chi connectivity index (χ4v) is 2.31. The number of nitrogens with zero attached hydrogens (tertiary/aromatic N) is 1. The third-order valence-corrected chi connectivity index (χ3v) is 3.19. The highest BCUT2D eigenvalue weighted by Crippen LogP contribution is 2.31. The van der Waals surface area contributed by atoms with Crippen LogP contribution in [0.2, 0.25) is 0 Å². The highest BCUT2D eigenvalue weighted by Gasteiger charge is 2.21. The predicted octanol–water partition coefficient (Wildman–Crippen LogP) is 2.13. The Labute approximate surface area is 91.5 Å². The average Bonchev–Trinajstić information content (AvgIpc) is 2.63. The summed E-state index contributed by atoms with van der Waals surface area (Å²) in [6.45, 7) is 6.00. The zero-order valence-corrected chi connectivity index (χ0v) is 9.53. The van der Waals surface area contributed by atoms with Crippen molar-refractivity contribution in [3.8, 4) is 0 Å². The van der Waals surface area contributed by atoms with E-state index in [4.69, 9.17) is 0 Å². The molecule has 0 saturated heterocycles. The van der Waals surface area contributed by atoms with Crippen molar-refractivity contribution in [2.45, 2.75) is 32.8 Å². The first-order valence-electron chi connectivity index (χ1n) is 5.74. The Hall–Kier alpha value is -1.02. The molecule has 0 fully saturated rings. The Bertz CT molecular complexity index is 348. The summed E-state index contributed by atoms with van der Waals surface area (Å²) in [5.74, 6) is 0. The van der Waals surface area contributed by atoms with Gasteiger partial charge in [0.1, 0.15) is 0 Å². The molecule has 0 unspecified atom stereocenters. The summed E-state index contributed by atoms with van der Waals surface area (Å²) in [5, 5.41) is 9.69. The summed E-state index contributed by atoms with van der Waals surface area (Å²) in [5.41, 5.74) is 4.11. The number of fused-ring (bicyclic) bond motifs is 1. The number of β-amino-alcohol motifs (C(OH)–C–C–N with tert-alkyl or cyclic N) is 1. The first-order valence-corrected chi connectivity index (χ1v) is 5.74. The maximum Gasteiger partial charge on any atom is 0.0712 e. The van der Waals surface area contributed by atoms with E-state index < -0.39 is 0 Å².